The minimum atomic E-state index is -0.331. The van der Waals surface area contributed by atoms with Gasteiger partial charge < -0.3 is 10.2 Å². The van der Waals surface area contributed by atoms with Crippen molar-refractivity contribution in [3.8, 4) is 0 Å². The molecule has 1 N–H and O–H groups in total. The number of carbonyl (C=O) groups is 2. The Morgan fingerprint density at radius 3 is 2.53 bits per heavy atom. The molecular formula is C30H29FN2O2S. The second-order valence-electron chi connectivity index (χ2n) is 9.52. The molecule has 0 spiro atoms. The molecule has 6 heteroatoms. The van der Waals surface area contributed by atoms with E-state index in [0.717, 1.165) is 35.4 Å². The standard InChI is InChI=1S/C30H29FN2O2S/c1-20-8-2-5-11-25(20)32-29(34)22-16-14-21(15-17-22)18-28-30(35)33(19-23-9-3-4-10-24(23)31)26-12-6-7-13-27(26)36-28/h3-4,6-7,9-10,12-18,20,25H,2,5,8,11,19H2,1H3,(H,32,34)/b28-18-. The summed E-state index contributed by atoms with van der Waals surface area (Å²) in [5.74, 6) is -0.0598. The van der Waals surface area contributed by atoms with Crippen molar-refractivity contribution in [1.82, 2.24) is 5.32 Å². The molecule has 36 heavy (non-hydrogen) atoms. The summed E-state index contributed by atoms with van der Waals surface area (Å²) in [5.41, 5.74) is 2.69. The zero-order valence-corrected chi connectivity index (χ0v) is 21.1. The Bertz CT molecular complexity index is 1300. The van der Waals surface area contributed by atoms with Crippen LogP contribution in [-0.2, 0) is 11.3 Å². The van der Waals surface area contributed by atoms with Crippen molar-refractivity contribution >= 4 is 35.3 Å². The first-order valence-corrected chi connectivity index (χ1v) is 13.3. The van der Waals surface area contributed by atoms with Crippen molar-refractivity contribution in [3.05, 3.63) is 100 Å². The Labute approximate surface area is 215 Å². The van der Waals surface area contributed by atoms with Gasteiger partial charge in [-0.1, -0.05) is 74.0 Å². The maximum Gasteiger partial charge on any atom is 0.265 e. The molecule has 1 heterocycles. The smallest absolute Gasteiger partial charge is 0.265 e. The fraction of sp³-hybridized carbons (Fsp3) is 0.267. The normalized spacial score (nSPS) is 20.8. The first kappa shape index (κ1) is 24.3. The fourth-order valence-electron chi connectivity index (χ4n) is 4.88. The summed E-state index contributed by atoms with van der Waals surface area (Å²) < 4.78 is 14.4. The number of nitrogens with zero attached hydrogens (tertiary/aromatic N) is 1. The highest BCUT2D eigenvalue weighted by atomic mass is 32.2. The topological polar surface area (TPSA) is 49.4 Å². The molecule has 3 aromatic rings. The molecule has 0 aromatic heterocycles. The third-order valence-corrected chi connectivity index (χ3v) is 8.09. The van der Waals surface area contributed by atoms with Crippen LogP contribution < -0.4 is 10.2 Å². The van der Waals surface area contributed by atoms with Gasteiger partial charge >= 0.3 is 0 Å². The minimum Gasteiger partial charge on any atom is -0.349 e. The van der Waals surface area contributed by atoms with Crippen LogP contribution in [0.3, 0.4) is 0 Å². The highest BCUT2D eigenvalue weighted by Gasteiger charge is 2.29. The van der Waals surface area contributed by atoms with Crippen molar-refractivity contribution in [2.75, 3.05) is 4.90 Å². The summed E-state index contributed by atoms with van der Waals surface area (Å²) in [6.45, 7) is 2.35. The summed E-state index contributed by atoms with van der Waals surface area (Å²) in [7, 11) is 0. The molecule has 0 bridgehead atoms. The molecule has 0 saturated heterocycles. The van der Waals surface area contributed by atoms with Gasteiger partial charge in [-0.25, -0.2) is 4.39 Å². The van der Waals surface area contributed by atoms with E-state index in [1.165, 1.54) is 24.2 Å². The van der Waals surface area contributed by atoms with E-state index in [9.17, 15) is 14.0 Å². The van der Waals surface area contributed by atoms with E-state index in [1.807, 2.05) is 42.5 Å². The van der Waals surface area contributed by atoms with Crippen molar-refractivity contribution in [1.29, 1.82) is 0 Å². The lowest BCUT2D eigenvalue weighted by Gasteiger charge is -2.30. The maximum atomic E-state index is 14.4. The zero-order valence-electron chi connectivity index (χ0n) is 20.2. The lowest BCUT2D eigenvalue weighted by atomic mass is 9.86. The molecule has 1 fully saturated rings. The minimum absolute atomic E-state index is 0.0546. The van der Waals surface area contributed by atoms with Gasteiger partial charge in [-0.05, 0) is 60.7 Å². The van der Waals surface area contributed by atoms with Gasteiger partial charge in [0.25, 0.3) is 11.8 Å². The monoisotopic (exact) mass is 500 g/mol. The molecule has 1 aliphatic carbocycles. The molecular weight excluding hydrogens is 471 g/mol. The number of hydrogen-bond donors (Lipinski definition) is 1. The third kappa shape index (κ3) is 5.24. The van der Waals surface area contributed by atoms with Crippen molar-refractivity contribution < 1.29 is 14.0 Å². The first-order chi connectivity index (χ1) is 17.5. The molecule has 2 aliphatic rings. The molecule has 1 aliphatic heterocycles. The average Bonchev–Trinajstić information content (AvgIpc) is 2.89. The lowest BCUT2D eigenvalue weighted by Crippen LogP contribution is -2.41. The van der Waals surface area contributed by atoms with Crippen molar-refractivity contribution in [2.24, 2.45) is 5.92 Å². The summed E-state index contributed by atoms with van der Waals surface area (Å²) in [6, 6.07) is 21.8. The Kier molecular flexibility index (Phi) is 7.23. The molecule has 184 valence electrons. The third-order valence-electron chi connectivity index (χ3n) is 7.02. The Balaban J connectivity index is 1.36. The van der Waals surface area contributed by atoms with Crippen LogP contribution in [-0.4, -0.2) is 17.9 Å². The van der Waals surface area contributed by atoms with Crippen molar-refractivity contribution in [2.45, 2.75) is 50.1 Å². The number of benzene rings is 3. The van der Waals surface area contributed by atoms with E-state index in [0.29, 0.717) is 21.9 Å². The van der Waals surface area contributed by atoms with Gasteiger partial charge in [0, 0.05) is 22.1 Å². The quantitative estimate of drug-likeness (QED) is 0.391. The van der Waals surface area contributed by atoms with Crippen LogP contribution >= 0.6 is 11.8 Å². The van der Waals surface area contributed by atoms with Gasteiger partial charge in [0.15, 0.2) is 0 Å². The van der Waals surface area contributed by atoms with Crippen LogP contribution in [0.2, 0.25) is 0 Å². The zero-order chi connectivity index (χ0) is 25.1. The van der Waals surface area contributed by atoms with Crippen LogP contribution in [0.5, 0.6) is 0 Å². The highest BCUT2D eigenvalue weighted by molar-refractivity contribution is 8.04. The second-order valence-corrected chi connectivity index (χ2v) is 10.6. The van der Waals surface area contributed by atoms with E-state index < -0.39 is 0 Å². The summed E-state index contributed by atoms with van der Waals surface area (Å²) >= 11 is 1.41. The van der Waals surface area contributed by atoms with Crippen LogP contribution in [0.25, 0.3) is 6.08 Å². The highest BCUT2D eigenvalue weighted by Crippen LogP contribution is 2.42. The molecule has 5 rings (SSSR count). The molecule has 3 aromatic carbocycles. The molecule has 0 radical (unpaired) electrons. The Morgan fingerprint density at radius 1 is 1.03 bits per heavy atom. The lowest BCUT2D eigenvalue weighted by molar-refractivity contribution is -0.114. The van der Waals surface area contributed by atoms with Gasteiger partial charge in [0.2, 0.25) is 0 Å². The number of fused-ring (bicyclic) bond motifs is 1. The predicted octanol–water partition coefficient (Wildman–Crippen LogP) is 6.81. The number of rotatable bonds is 5. The van der Waals surface area contributed by atoms with Gasteiger partial charge in [-0.2, -0.15) is 0 Å². The Hall–Kier alpha value is -3.38. The van der Waals surface area contributed by atoms with Gasteiger partial charge in [-0.15, -0.1) is 0 Å². The van der Waals surface area contributed by atoms with Gasteiger partial charge in [0.1, 0.15) is 5.82 Å². The molecule has 4 nitrogen and oxygen atoms in total. The van der Waals surface area contributed by atoms with E-state index in [2.05, 4.69) is 12.2 Å². The number of halogens is 1. The summed E-state index contributed by atoms with van der Waals surface area (Å²) in [6.07, 6.45) is 6.41. The van der Waals surface area contributed by atoms with E-state index in [1.54, 1.807) is 35.2 Å². The number of amides is 2. The van der Waals surface area contributed by atoms with Crippen LogP contribution in [0.1, 0.15) is 54.1 Å². The van der Waals surface area contributed by atoms with E-state index in [4.69, 9.17) is 0 Å². The fourth-order valence-corrected chi connectivity index (χ4v) is 5.94. The van der Waals surface area contributed by atoms with E-state index >= 15 is 0 Å². The van der Waals surface area contributed by atoms with E-state index in [-0.39, 0.29) is 30.2 Å². The summed E-state index contributed by atoms with van der Waals surface area (Å²) in [4.78, 5) is 29.4. The molecule has 2 atom stereocenters. The number of hydrogen-bond acceptors (Lipinski definition) is 3. The van der Waals surface area contributed by atoms with Crippen molar-refractivity contribution in [3.63, 3.8) is 0 Å². The molecule has 1 saturated carbocycles. The number of carbonyl (C=O) groups excluding carboxylic acids is 2. The average molecular weight is 501 g/mol. The predicted molar refractivity (Wildman–Crippen MR) is 143 cm³/mol. The number of thioether (sulfide) groups is 1. The molecule has 2 amide bonds. The largest absolute Gasteiger partial charge is 0.349 e. The Morgan fingerprint density at radius 2 is 1.75 bits per heavy atom. The molecule has 2 unspecified atom stereocenters. The maximum absolute atomic E-state index is 14.4. The van der Waals surface area contributed by atoms with Crippen LogP contribution in [0, 0.1) is 11.7 Å². The van der Waals surface area contributed by atoms with Crippen LogP contribution in [0.15, 0.2) is 82.6 Å². The van der Waals surface area contributed by atoms with Gasteiger partial charge in [-0.3, -0.25) is 9.59 Å². The van der Waals surface area contributed by atoms with Gasteiger partial charge in [0.05, 0.1) is 17.1 Å². The number of anilines is 1. The number of para-hydroxylation sites is 1. The summed E-state index contributed by atoms with van der Waals surface area (Å²) in [5, 5.41) is 3.19. The van der Waals surface area contributed by atoms with Crippen LogP contribution in [0.4, 0.5) is 10.1 Å². The second kappa shape index (κ2) is 10.7. The number of nitrogens with one attached hydrogen (secondary N) is 1. The SMILES string of the molecule is CC1CCCCC1NC(=O)c1ccc(/C=C2\Sc3ccccc3N(Cc3ccccc3F)C2=O)cc1. The first-order valence-electron chi connectivity index (χ1n) is 12.4.